The average molecular weight is 441 g/mol. The Labute approximate surface area is 182 Å². The highest BCUT2D eigenvalue weighted by atomic mass is 32.2. The molecule has 0 spiro atoms. The van der Waals surface area contributed by atoms with Crippen LogP contribution in [-0.2, 0) is 10.0 Å². The van der Waals surface area contributed by atoms with Gasteiger partial charge >= 0.3 is 0 Å². The van der Waals surface area contributed by atoms with Crippen LogP contribution in [0.25, 0.3) is 0 Å². The molecule has 0 bridgehead atoms. The monoisotopic (exact) mass is 440 g/mol. The molecule has 3 aromatic carbocycles. The van der Waals surface area contributed by atoms with Crippen molar-refractivity contribution >= 4 is 21.6 Å². The fourth-order valence-electron chi connectivity index (χ4n) is 3.36. The maximum absolute atomic E-state index is 13.2. The zero-order chi connectivity index (χ0) is 22.6. The molecule has 0 aliphatic heterocycles. The van der Waals surface area contributed by atoms with E-state index in [-0.39, 0.29) is 22.4 Å². The first-order valence-electron chi connectivity index (χ1n) is 9.95. The van der Waals surface area contributed by atoms with Crippen LogP contribution in [0.1, 0.15) is 40.9 Å². The first-order chi connectivity index (χ1) is 14.7. The summed E-state index contributed by atoms with van der Waals surface area (Å²) in [6.45, 7) is 3.97. The molecule has 1 amide bonds. The SMILES string of the molecule is CCC(NC(=O)c1cccc(S(=O)(=O)N(C)c2ccc(F)cc2)c1)c1ccccc1C. The van der Waals surface area contributed by atoms with Gasteiger partial charge < -0.3 is 5.32 Å². The highest BCUT2D eigenvalue weighted by Crippen LogP contribution is 2.24. The van der Waals surface area contributed by atoms with E-state index in [1.165, 1.54) is 49.5 Å². The van der Waals surface area contributed by atoms with E-state index in [0.29, 0.717) is 12.1 Å². The van der Waals surface area contributed by atoms with E-state index in [4.69, 9.17) is 0 Å². The number of benzene rings is 3. The van der Waals surface area contributed by atoms with E-state index in [1.54, 1.807) is 6.07 Å². The van der Waals surface area contributed by atoms with Gasteiger partial charge in [0, 0.05) is 12.6 Å². The number of nitrogens with zero attached hydrogens (tertiary/aromatic N) is 1. The van der Waals surface area contributed by atoms with Gasteiger partial charge in [0.15, 0.2) is 0 Å². The van der Waals surface area contributed by atoms with Crippen LogP contribution in [0, 0.1) is 12.7 Å². The van der Waals surface area contributed by atoms with Gasteiger partial charge in [-0.05, 0) is 66.9 Å². The van der Waals surface area contributed by atoms with Crippen molar-refractivity contribution < 1.29 is 17.6 Å². The van der Waals surface area contributed by atoms with E-state index in [1.807, 2.05) is 38.1 Å². The van der Waals surface area contributed by atoms with E-state index >= 15 is 0 Å². The normalized spacial score (nSPS) is 12.3. The summed E-state index contributed by atoms with van der Waals surface area (Å²) < 4.78 is 40.3. The minimum absolute atomic E-state index is 0.0177. The predicted molar refractivity (Wildman–Crippen MR) is 120 cm³/mol. The standard InChI is InChI=1S/C24H25FN2O3S/c1-4-23(22-11-6-5-8-17(22)2)26-24(28)18-9-7-10-21(16-18)31(29,30)27(3)20-14-12-19(25)13-15-20/h5-16,23H,4H2,1-3H3,(H,26,28). The molecule has 1 N–H and O–H groups in total. The Morgan fingerprint density at radius 2 is 1.71 bits per heavy atom. The second kappa shape index (κ2) is 9.31. The smallest absolute Gasteiger partial charge is 0.264 e. The fraction of sp³-hybridized carbons (Fsp3) is 0.208. The van der Waals surface area contributed by atoms with Gasteiger partial charge in [-0.15, -0.1) is 0 Å². The van der Waals surface area contributed by atoms with Crippen LogP contribution in [0.4, 0.5) is 10.1 Å². The molecule has 1 unspecified atom stereocenters. The van der Waals surface area contributed by atoms with Gasteiger partial charge in [-0.3, -0.25) is 9.10 Å². The molecule has 0 fully saturated rings. The molecule has 0 saturated carbocycles. The third-order valence-corrected chi connectivity index (χ3v) is 7.00. The first kappa shape index (κ1) is 22.5. The molecular formula is C24H25FN2O3S. The number of rotatable bonds is 7. The number of carbonyl (C=O) groups excluding carboxylic acids is 1. The van der Waals surface area contributed by atoms with Gasteiger partial charge in [0.05, 0.1) is 16.6 Å². The largest absolute Gasteiger partial charge is 0.345 e. The summed E-state index contributed by atoms with van der Waals surface area (Å²) in [7, 11) is -2.53. The lowest BCUT2D eigenvalue weighted by Crippen LogP contribution is -2.29. The number of halogens is 1. The average Bonchev–Trinajstić information content (AvgIpc) is 2.78. The molecule has 0 heterocycles. The fourth-order valence-corrected chi connectivity index (χ4v) is 4.61. The molecule has 3 aromatic rings. The molecule has 3 rings (SSSR count). The second-order valence-corrected chi connectivity index (χ2v) is 9.24. The van der Waals surface area contributed by atoms with Crippen molar-refractivity contribution in [3.05, 3.63) is 95.3 Å². The third-order valence-electron chi connectivity index (χ3n) is 5.22. The Bertz CT molecular complexity index is 1180. The van der Waals surface area contributed by atoms with E-state index in [9.17, 15) is 17.6 Å². The van der Waals surface area contributed by atoms with Gasteiger partial charge in [-0.2, -0.15) is 0 Å². The zero-order valence-corrected chi connectivity index (χ0v) is 18.5. The number of carbonyl (C=O) groups is 1. The van der Waals surface area contributed by atoms with Crippen LogP contribution in [0.15, 0.2) is 77.7 Å². The number of hydrogen-bond acceptors (Lipinski definition) is 3. The molecule has 0 aliphatic rings. The number of aryl methyl sites for hydroxylation is 1. The molecule has 0 aliphatic carbocycles. The van der Waals surface area contributed by atoms with Crippen LogP contribution in [0.2, 0.25) is 0 Å². The van der Waals surface area contributed by atoms with E-state index in [2.05, 4.69) is 5.32 Å². The Morgan fingerprint density at radius 3 is 2.35 bits per heavy atom. The highest BCUT2D eigenvalue weighted by Gasteiger charge is 2.23. The minimum atomic E-state index is -3.92. The minimum Gasteiger partial charge on any atom is -0.345 e. The van der Waals surface area contributed by atoms with Gasteiger partial charge in [0.1, 0.15) is 5.82 Å². The summed E-state index contributed by atoms with van der Waals surface area (Å²) in [5.74, 6) is -0.802. The van der Waals surface area contributed by atoms with Crippen molar-refractivity contribution in [3.63, 3.8) is 0 Å². The molecule has 5 nitrogen and oxygen atoms in total. The Balaban J connectivity index is 1.85. The number of anilines is 1. The van der Waals surface area contributed by atoms with Crippen molar-refractivity contribution in [2.24, 2.45) is 0 Å². The maximum atomic E-state index is 13.2. The molecule has 0 radical (unpaired) electrons. The molecule has 0 saturated heterocycles. The van der Waals surface area contributed by atoms with Crippen molar-refractivity contribution in [2.75, 3.05) is 11.4 Å². The topological polar surface area (TPSA) is 66.5 Å². The molecule has 31 heavy (non-hydrogen) atoms. The number of sulfonamides is 1. The lowest BCUT2D eigenvalue weighted by Gasteiger charge is -2.21. The van der Waals surface area contributed by atoms with Crippen molar-refractivity contribution in [2.45, 2.75) is 31.2 Å². The van der Waals surface area contributed by atoms with Crippen molar-refractivity contribution in [1.82, 2.24) is 5.32 Å². The van der Waals surface area contributed by atoms with Crippen LogP contribution in [0.3, 0.4) is 0 Å². The second-order valence-electron chi connectivity index (χ2n) is 7.27. The summed E-state index contributed by atoms with van der Waals surface area (Å²) in [6.07, 6.45) is 0.696. The van der Waals surface area contributed by atoms with Gasteiger partial charge in [-0.25, -0.2) is 12.8 Å². The summed E-state index contributed by atoms with van der Waals surface area (Å²) in [6, 6.07) is 18.7. The van der Waals surface area contributed by atoms with E-state index < -0.39 is 15.8 Å². The van der Waals surface area contributed by atoms with Gasteiger partial charge in [-0.1, -0.05) is 37.3 Å². The lowest BCUT2D eigenvalue weighted by atomic mass is 9.99. The Hall–Kier alpha value is -3.19. The number of hydrogen-bond donors (Lipinski definition) is 1. The molecule has 1 atom stereocenters. The summed E-state index contributed by atoms with van der Waals surface area (Å²) in [5.41, 5.74) is 2.67. The molecule has 162 valence electrons. The van der Waals surface area contributed by atoms with E-state index in [0.717, 1.165) is 15.4 Å². The van der Waals surface area contributed by atoms with Crippen LogP contribution in [0.5, 0.6) is 0 Å². The van der Waals surface area contributed by atoms with Crippen molar-refractivity contribution in [1.29, 1.82) is 0 Å². The number of nitrogens with one attached hydrogen (secondary N) is 1. The number of amides is 1. The predicted octanol–water partition coefficient (Wildman–Crippen LogP) is 4.84. The van der Waals surface area contributed by atoms with Gasteiger partial charge in [0.2, 0.25) is 0 Å². The third kappa shape index (κ3) is 4.94. The van der Waals surface area contributed by atoms with Crippen LogP contribution in [-0.4, -0.2) is 21.4 Å². The summed E-state index contributed by atoms with van der Waals surface area (Å²) in [5, 5.41) is 3.00. The summed E-state index contributed by atoms with van der Waals surface area (Å²) in [4.78, 5) is 12.9. The molecule has 7 heteroatoms. The molecule has 0 aromatic heterocycles. The van der Waals surface area contributed by atoms with Crippen LogP contribution >= 0.6 is 0 Å². The van der Waals surface area contributed by atoms with Crippen molar-refractivity contribution in [3.8, 4) is 0 Å². The lowest BCUT2D eigenvalue weighted by molar-refractivity contribution is 0.0935. The Morgan fingerprint density at radius 1 is 1.03 bits per heavy atom. The highest BCUT2D eigenvalue weighted by molar-refractivity contribution is 7.92. The quantitative estimate of drug-likeness (QED) is 0.572. The maximum Gasteiger partial charge on any atom is 0.264 e. The summed E-state index contributed by atoms with van der Waals surface area (Å²) >= 11 is 0. The van der Waals surface area contributed by atoms with Gasteiger partial charge in [0.25, 0.3) is 15.9 Å². The Kier molecular flexibility index (Phi) is 6.75. The zero-order valence-electron chi connectivity index (χ0n) is 17.7. The van der Waals surface area contributed by atoms with Crippen LogP contribution < -0.4 is 9.62 Å². The molecular weight excluding hydrogens is 415 g/mol. The first-order valence-corrected chi connectivity index (χ1v) is 11.4.